The molecule has 0 aliphatic heterocycles. The molecule has 16 rings (SSSR count). The molecule has 0 heterocycles. The lowest BCUT2D eigenvalue weighted by Gasteiger charge is -2.19. The van der Waals surface area contributed by atoms with Gasteiger partial charge in [-0.05, 0) is 172 Å². The highest BCUT2D eigenvalue weighted by Gasteiger charge is 2.20. The summed E-state index contributed by atoms with van der Waals surface area (Å²) >= 11 is 0. The molecule has 16 aromatic carbocycles. The van der Waals surface area contributed by atoms with E-state index in [1.54, 1.807) is 54.6 Å². The average Bonchev–Trinajstić information content (AvgIpc) is 0.696. The van der Waals surface area contributed by atoms with E-state index in [0.29, 0.717) is 16.5 Å². The number of hydrogen-bond donors (Lipinski definition) is 0. The minimum absolute atomic E-state index is 0.000997. The summed E-state index contributed by atoms with van der Waals surface area (Å²) in [5, 5.41) is 0.139. The SMILES string of the molecule is [2H]c1c([2H])c(-c2c3c([2H])c([2H])c([2H])c([2H])c3c(-c3cccc4ccccc34)c3c([2H])c([2H])c(C)c([2H])c23)c([2H])c([2H])c1-c1c([2H])c([2H])c2c([2H])c([2H])c([2H])c([2H])c2c1[2H].[2H]c1c([2H])c([2H])c2c(-c3c4c([2H])c([2H])c([2H])c([2H])c4c(-c4ccc(-c5ccc6ccccc6c5)cc4)c4c([2H])c([2H])c([2H])c([2H])c34)c([2H])c([2H])c([2H])c2c1[2H]. The van der Waals surface area contributed by atoms with E-state index in [-0.39, 0.29) is 83.0 Å². The van der Waals surface area contributed by atoms with E-state index in [4.69, 9.17) is 28.8 Å². The third-order valence-corrected chi connectivity index (χ3v) is 14.3. The molecule has 0 N–H and O–H groups in total. The van der Waals surface area contributed by atoms with Crippen molar-refractivity contribution in [3.8, 4) is 66.8 Å². The molecule has 0 aliphatic rings. The average molecular weight is 1060 g/mol. The summed E-state index contributed by atoms with van der Waals surface area (Å²) in [5.41, 5.74) is -0.266. The molecule has 0 nitrogen and oxygen atoms in total. The summed E-state index contributed by atoms with van der Waals surface area (Å²) in [6.07, 6.45) is 0. The van der Waals surface area contributed by atoms with Crippen LogP contribution in [0.4, 0.5) is 0 Å². The van der Waals surface area contributed by atoms with Crippen LogP contribution in [0.2, 0.25) is 0 Å². The summed E-state index contributed by atoms with van der Waals surface area (Å²) in [5.74, 6) is 0. The molecule has 0 radical (unpaired) electrons. The Balaban J connectivity index is 0.000000180. The van der Waals surface area contributed by atoms with E-state index in [0.717, 1.165) is 27.3 Å². The first-order valence-corrected chi connectivity index (χ1v) is 25.5. The molecular formula is C81H54. The standard InChI is InChI=1S/C41H28.C40H26/c1-27-17-24-38-39(25-27)40(31-21-18-29(19-22-31)33-23-20-28-9-2-3-11-32(28)26-33)36-14-6-7-15-37(36)41(38)35-16-8-12-30-10-4-5-13-34(30)35;1-2-12-31-26-32(25-22-27(31)10-1)28-20-23-30(24-21-28)39-35-15-5-7-17-37(35)40(38-18-8-6-16-36(38)39)34-19-9-13-29-11-3-4-14-33(29)34/h2-26H,1H3;1-26H/i2D,3D,6D,7D,9D,11D,14D,15D,17D,18D,19D,20D,21D,22D,23D,24D,25D,26D;3D,4D,5D,6D,7D,8D,9D,11D,13D,14D,15D,16D,17D,18D,19D. The van der Waals surface area contributed by atoms with E-state index in [9.17, 15) is 16.4 Å². The molecule has 0 heteroatoms. The highest BCUT2D eigenvalue weighted by molar-refractivity contribution is 6.25. The molecule has 0 fully saturated rings. The minimum Gasteiger partial charge on any atom is -0.0616 e. The largest absolute Gasteiger partial charge is 0.0636 e. The molecule has 0 unspecified atom stereocenters. The van der Waals surface area contributed by atoms with E-state index in [2.05, 4.69) is 0 Å². The molecule has 0 bridgehead atoms. The maximum atomic E-state index is 9.45. The highest BCUT2D eigenvalue weighted by Crippen LogP contribution is 2.48. The molecular weight excluding hydrogens is 973 g/mol. The molecule has 0 amide bonds. The summed E-state index contributed by atoms with van der Waals surface area (Å²) < 4.78 is 294. The number of benzene rings is 16. The van der Waals surface area contributed by atoms with Crippen molar-refractivity contribution in [2.75, 3.05) is 0 Å². The fourth-order valence-corrected chi connectivity index (χ4v) is 10.6. The molecule has 0 spiro atoms. The molecule has 0 atom stereocenters. The maximum absolute atomic E-state index is 9.45. The Bertz CT molecular complexity index is 6930. The number of fused-ring (bicyclic) bond motifs is 8. The zero-order valence-electron chi connectivity index (χ0n) is 75.4. The fraction of sp³-hybridized carbons (Fsp3) is 0.0123. The van der Waals surface area contributed by atoms with Crippen LogP contribution in [0.3, 0.4) is 0 Å². The third kappa shape index (κ3) is 8.49. The van der Waals surface area contributed by atoms with Gasteiger partial charge in [0.25, 0.3) is 0 Å². The Morgan fingerprint density at radius 1 is 0.222 bits per heavy atom. The minimum atomic E-state index is -0.852. The molecule has 16 aromatic rings. The fourth-order valence-electron chi connectivity index (χ4n) is 10.6. The van der Waals surface area contributed by atoms with Crippen LogP contribution >= 0.6 is 0 Å². The smallest absolute Gasteiger partial charge is 0.0616 e. The van der Waals surface area contributed by atoms with Crippen molar-refractivity contribution >= 4 is 86.2 Å². The van der Waals surface area contributed by atoms with Gasteiger partial charge < -0.3 is 0 Å². The van der Waals surface area contributed by atoms with Gasteiger partial charge in [-0.15, -0.1) is 0 Å². The van der Waals surface area contributed by atoms with Crippen molar-refractivity contribution in [3.63, 3.8) is 0 Å². The van der Waals surface area contributed by atoms with Crippen LogP contribution in [0.15, 0.2) is 309 Å². The second-order valence-corrected chi connectivity index (χ2v) is 18.9. The zero-order chi connectivity index (χ0) is 82.5. The first-order valence-electron chi connectivity index (χ1n) is 42.0. The van der Waals surface area contributed by atoms with E-state index in [1.807, 2.05) is 54.6 Å². The first kappa shape index (κ1) is 24.7. The van der Waals surface area contributed by atoms with Crippen LogP contribution in [-0.4, -0.2) is 0 Å². The van der Waals surface area contributed by atoms with Crippen LogP contribution in [0.25, 0.3) is 153 Å². The normalized spacial score (nSPS) is 17.2. The second kappa shape index (κ2) is 20.1. The van der Waals surface area contributed by atoms with Gasteiger partial charge in [0.2, 0.25) is 0 Å². The van der Waals surface area contributed by atoms with Crippen LogP contribution in [0.1, 0.15) is 50.8 Å². The summed E-state index contributed by atoms with van der Waals surface area (Å²) in [7, 11) is 0. The Morgan fingerprint density at radius 2 is 0.716 bits per heavy atom. The topological polar surface area (TPSA) is 0 Å². The summed E-state index contributed by atoms with van der Waals surface area (Å²) in [6, 6.07) is 11.2. The lowest BCUT2D eigenvalue weighted by molar-refractivity contribution is 1.51. The number of hydrogen-bond acceptors (Lipinski definition) is 0. The Labute approximate surface area is 518 Å². The lowest BCUT2D eigenvalue weighted by Crippen LogP contribution is -1.92. The van der Waals surface area contributed by atoms with E-state index < -0.39 is 231 Å². The predicted molar refractivity (Wildman–Crippen MR) is 350 cm³/mol. The van der Waals surface area contributed by atoms with Gasteiger partial charge in [-0.3, -0.25) is 0 Å². The van der Waals surface area contributed by atoms with Gasteiger partial charge in [-0.1, -0.05) is 302 Å². The van der Waals surface area contributed by atoms with Crippen molar-refractivity contribution in [1.82, 2.24) is 0 Å². The van der Waals surface area contributed by atoms with Gasteiger partial charge in [0.1, 0.15) is 0 Å². The summed E-state index contributed by atoms with van der Waals surface area (Å²) in [4.78, 5) is 0. The monoisotopic (exact) mass is 1060 g/mol. The maximum Gasteiger partial charge on any atom is 0.0636 e. The van der Waals surface area contributed by atoms with E-state index >= 15 is 0 Å². The zero-order valence-corrected chi connectivity index (χ0v) is 42.4. The van der Waals surface area contributed by atoms with Crippen molar-refractivity contribution in [3.05, 3.63) is 314 Å². The summed E-state index contributed by atoms with van der Waals surface area (Å²) in [6.45, 7) is 1.42. The van der Waals surface area contributed by atoms with Gasteiger partial charge in [-0.2, -0.15) is 0 Å². The van der Waals surface area contributed by atoms with E-state index in [1.165, 1.54) is 6.92 Å². The predicted octanol–water partition coefficient (Wildman–Crippen LogP) is 22.9. The molecule has 378 valence electrons. The van der Waals surface area contributed by atoms with Crippen LogP contribution in [-0.2, 0) is 0 Å². The highest BCUT2D eigenvalue weighted by atomic mass is 14.2. The van der Waals surface area contributed by atoms with Crippen molar-refractivity contribution < 1.29 is 45.2 Å². The van der Waals surface area contributed by atoms with Crippen molar-refractivity contribution in [1.29, 1.82) is 0 Å². The Hall–Kier alpha value is -10.4. The first-order chi connectivity index (χ1) is 53.8. The molecule has 0 saturated heterocycles. The van der Waals surface area contributed by atoms with Crippen LogP contribution < -0.4 is 0 Å². The van der Waals surface area contributed by atoms with Gasteiger partial charge in [0.15, 0.2) is 0 Å². The molecule has 0 aromatic heterocycles. The van der Waals surface area contributed by atoms with Crippen molar-refractivity contribution in [2.45, 2.75) is 6.92 Å². The van der Waals surface area contributed by atoms with Crippen molar-refractivity contribution in [2.24, 2.45) is 0 Å². The number of rotatable bonds is 6. The van der Waals surface area contributed by atoms with Gasteiger partial charge in [0, 0.05) is 0 Å². The van der Waals surface area contributed by atoms with Gasteiger partial charge >= 0.3 is 0 Å². The third-order valence-electron chi connectivity index (χ3n) is 14.3. The molecule has 81 heavy (non-hydrogen) atoms. The lowest BCUT2D eigenvalue weighted by atomic mass is 9.84. The Kier molecular flexibility index (Phi) is 6.14. The quantitative estimate of drug-likeness (QED) is 0.146. The molecule has 0 aliphatic carbocycles. The van der Waals surface area contributed by atoms with Crippen LogP contribution in [0.5, 0.6) is 0 Å². The van der Waals surface area contributed by atoms with Gasteiger partial charge in [-0.25, -0.2) is 0 Å². The van der Waals surface area contributed by atoms with Crippen LogP contribution in [0, 0.1) is 6.92 Å². The second-order valence-electron chi connectivity index (χ2n) is 18.9. The Morgan fingerprint density at radius 3 is 1.42 bits per heavy atom. The van der Waals surface area contributed by atoms with Gasteiger partial charge in [0.05, 0.1) is 45.2 Å². The molecule has 0 saturated carbocycles.